The standard InChI is InChI=1S/C13H25N3O/c1-3-15-13(12(14)17,11-6-7-11)9-16-8-4-5-10(16)2/h10-11,15H,3-9H2,1-2H3,(H2,14,17). The summed E-state index contributed by atoms with van der Waals surface area (Å²) in [5.74, 6) is 0.286. The highest BCUT2D eigenvalue weighted by Gasteiger charge is 2.50. The maximum absolute atomic E-state index is 11.9. The average Bonchev–Trinajstić information content (AvgIpc) is 3.04. The highest BCUT2D eigenvalue weighted by molar-refractivity contribution is 5.86. The zero-order valence-electron chi connectivity index (χ0n) is 11.0. The molecular formula is C13H25N3O. The molecule has 2 unspecified atom stereocenters. The number of carbonyl (C=O) groups is 1. The quantitative estimate of drug-likeness (QED) is 0.718. The molecule has 0 spiro atoms. The Bertz CT molecular complexity index is 290. The van der Waals surface area contributed by atoms with E-state index in [9.17, 15) is 4.79 Å². The van der Waals surface area contributed by atoms with Gasteiger partial charge in [0.05, 0.1) is 0 Å². The van der Waals surface area contributed by atoms with Crippen molar-refractivity contribution in [3.8, 4) is 0 Å². The molecule has 1 saturated heterocycles. The molecule has 1 heterocycles. The SMILES string of the molecule is CCNC(CN1CCCC1C)(C(N)=O)C1CC1. The Morgan fingerprint density at radius 2 is 2.18 bits per heavy atom. The smallest absolute Gasteiger partial charge is 0.239 e. The molecule has 17 heavy (non-hydrogen) atoms. The van der Waals surface area contributed by atoms with E-state index in [4.69, 9.17) is 5.73 Å². The maximum atomic E-state index is 11.9. The maximum Gasteiger partial charge on any atom is 0.239 e. The molecule has 0 bridgehead atoms. The molecule has 3 N–H and O–H groups in total. The number of nitrogens with two attached hydrogens (primary N) is 1. The molecule has 1 aliphatic carbocycles. The molecule has 1 amide bonds. The molecule has 2 fully saturated rings. The minimum absolute atomic E-state index is 0.166. The summed E-state index contributed by atoms with van der Waals surface area (Å²) in [6.07, 6.45) is 4.76. The molecule has 0 aromatic heterocycles. The Kier molecular flexibility index (Phi) is 3.73. The van der Waals surface area contributed by atoms with Gasteiger partial charge in [-0.25, -0.2) is 0 Å². The largest absolute Gasteiger partial charge is 0.368 e. The van der Waals surface area contributed by atoms with Crippen molar-refractivity contribution in [1.82, 2.24) is 10.2 Å². The van der Waals surface area contributed by atoms with Crippen LogP contribution in [0.5, 0.6) is 0 Å². The van der Waals surface area contributed by atoms with Crippen LogP contribution in [0.1, 0.15) is 39.5 Å². The van der Waals surface area contributed by atoms with E-state index < -0.39 is 5.54 Å². The van der Waals surface area contributed by atoms with Gasteiger partial charge in [0.15, 0.2) is 0 Å². The van der Waals surface area contributed by atoms with Gasteiger partial charge < -0.3 is 11.1 Å². The molecule has 1 aliphatic heterocycles. The first kappa shape index (κ1) is 12.8. The number of likely N-dealkylation sites (tertiary alicyclic amines) is 1. The Labute approximate surface area is 104 Å². The normalized spacial score (nSPS) is 29.2. The molecule has 2 atom stereocenters. The molecule has 98 valence electrons. The van der Waals surface area contributed by atoms with Crippen molar-refractivity contribution in [1.29, 1.82) is 0 Å². The van der Waals surface area contributed by atoms with Crippen LogP contribution in [0.3, 0.4) is 0 Å². The summed E-state index contributed by atoms with van der Waals surface area (Å²) in [5, 5.41) is 3.39. The average molecular weight is 239 g/mol. The van der Waals surface area contributed by atoms with Crippen LogP contribution >= 0.6 is 0 Å². The molecule has 0 aromatic rings. The molecule has 2 aliphatic rings. The lowest BCUT2D eigenvalue weighted by Gasteiger charge is -2.37. The molecule has 4 heteroatoms. The Morgan fingerprint density at radius 3 is 2.59 bits per heavy atom. The van der Waals surface area contributed by atoms with E-state index in [0.717, 1.165) is 32.5 Å². The lowest BCUT2D eigenvalue weighted by atomic mass is 9.91. The van der Waals surface area contributed by atoms with Crippen LogP contribution in [0.2, 0.25) is 0 Å². The zero-order valence-corrected chi connectivity index (χ0v) is 11.0. The van der Waals surface area contributed by atoms with Crippen LogP contribution in [-0.2, 0) is 4.79 Å². The van der Waals surface area contributed by atoms with Gasteiger partial charge in [-0.15, -0.1) is 0 Å². The van der Waals surface area contributed by atoms with E-state index in [0.29, 0.717) is 12.0 Å². The van der Waals surface area contributed by atoms with Gasteiger partial charge in [0, 0.05) is 12.6 Å². The molecule has 4 nitrogen and oxygen atoms in total. The number of nitrogens with one attached hydrogen (secondary N) is 1. The zero-order chi connectivity index (χ0) is 12.5. The van der Waals surface area contributed by atoms with E-state index in [-0.39, 0.29) is 5.91 Å². The lowest BCUT2D eigenvalue weighted by Crippen LogP contribution is -2.63. The number of rotatable bonds is 6. The summed E-state index contributed by atoms with van der Waals surface area (Å²) in [5.41, 5.74) is 5.22. The van der Waals surface area contributed by atoms with Crippen molar-refractivity contribution in [3.63, 3.8) is 0 Å². The Balaban J connectivity index is 2.11. The second-order valence-electron chi connectivity index (χ2n) is 5.60. The van der Waals surface area contributed by atoms with Gasteiger partial charge in [0.1, 0.15) is 5.54 Å². The fourth-order valence-corrected chi connectivity index (χ4v) is 3.14. The van der Waals surface area contributed by atoms with E-state index in [1.807, 2.05) is 6.92 Å². The van der Waals surface area contributed by atoms with Gasteiger partial charge in [0.2, 0.25) is 5.91 Å². The minimum atomic E-state index is -0.479. The van der Waals surface area contributed by atoms with Crippen molar-refractivity contribution < 1.29 is 4.79 Å². The first-order valence-electron chi connectivity index (χ1n) is 6.89. The van der Waals surface area contributed by atoms with Crippen molar-refractivity contribution in [2.75, 3.05) is 19.6 Å². The molecule has 0 aromatic carbocycles. The van der Waals surface area contributed by atoms with Crippen LogP contribution in [0.15, 0.2) is 0 Å². The highest BCUT2D eigenvalue weighted by Crippen LogP contribution is 2.41. The van der Waals surface area contributed by atoms with Crippen molar-refractivity contribution in [3.05, 3.63) is 0 Å². The summed E-state index contributed by atoms with van der Waals surface area (Å²) in [6.45, 7) is 7.00. The number of hydrogen-bond donors (Lipinski definition) is 2. The van der Waals surface area contributed by atoms with Crippen molar-refractivity contribution >= 4 is 5.91 Å². The van der Waals surface area contributed by atoms with Gasteiger partial charge in [-0.05, 0) is 51.6 Å². The van der Waals surface area contributed by atoms with E-state index in [1.165, 1.54) is 12.8 Å². The number of primary amides is 1. The number of amides is 1. The molecule has 2 rings (SSSR count). The van der Waals surface area contributed by atoms with Crippen LogP contribution in [-0.4, -0.2) is 42.0 Å². The third-order valence-corrected chi connectivity index (χ3v) is 4.35. The van der Waals surface area contributed by atoms with Crippen molar-refractivity contribution in [2.24, 2.45) is 11.7 Å². The molecular weight excluding hydrogens is 214 g/mol. The monoisotopic (exact) mass is 239 g/mol. The van der Waals surface area contributed by atoms with Gasteiger partial charge in [-0.3, -0.25) is 9.69 Å². The summed E-state index contributed by atoms with van der Waals surface area (Å²) in [4.78, 5) is 14.3. The third kappa shape index (κ3) is 2.47. The van der Waals surface area contributed by atoms with Gasteiger partial charge >= 0.3 is 0 Å². The van der Waals surface area contributed by atoms with E-state index in [2.05, 4.69) is 17.1 Å². The molecule has 0 radical (unpaired) electrons. The fourth-order valence-electron chi connectivity index (χ4n) is 3.14. The number of carbonyl (C=O) groups excluding carboxylic acids is 1. The predicted molar refractivity (Wildman–Crippen MR) is 68.6 cm³/mol. The Hall–Kier alpha value is -0.610. The van der Waals surface area contributed by atoms with E-state index >= 15 is 0 Å². The number of likely N-dealkylation sites (N-methyl/N-ethyl adjacent to an activating group) is 1. The topological polar surface area (TPSA) is 58.4 Å². The van der Waals surface area contributed by atoms with Crippen LogP contribution < -0.4 is 11.1 Å². The molecule has 1 saturated carbocycles. The summed E-state index contributed by atoms with van der Waals surface area (Å²) in [6, 6.07) is 0.589. The van der Waals surface area contributed by atoms with Gasteiger partial charge in [-0.2, -0.15) is 0 Å². The second-order valence-corrected chi connectivity index (χ2v) is 5.60. The lowest BCUT2D eigenvalue weighted by molar-refractivity contribution is -0.126. The summed E-state index contributed by atoms with van der Waals surface area (Å²) < 4.78 is 0. The summed E-state index contributed by atoms with van der Waals surface area (Å²) >= 11 is 0. The first-order chi connectivity index (χ1) is 8.10. The predicted octanol–water partition coefficient (Wildman–Crippen LogP) is 0.714. The van der Waals surface area contributed by atoms with Crippen LogP contribution in [0, 0.1) is 5.92 Å². The summed E-state index contributed by atoms with van der Waals surface area (Å²) in [7, 11) is 0. The number of hydrogen-bond acceptors (Lipinski definition) is 3. The van der Waals surface area contributed by atoms with Gasteiger partial charge in [-0.1, -0.05) is 6.92 Å². The van der Waals surface area contributed by atoms with Gasteiger partial charge in [0.25, 0.3) is 0 Å². The Morgan fingerprint density at radius 1 is 1.47 bits per heavy atom. The number of nitrogens with zero attached hydrogens (tertiary/aromatic N) is 1. The highest BCUT2D eigenvalue weighted by atomic mass is 16.1. The van der Waals surface area contributed by atoms with Crippen LogP contribution in [0.25, 0.3) is 0 Å². The first-order valence-corrected chi connectivity index (χ1v) is 6.89. The third-order valence-electron chi connectivity index (χ3n) is 4.35. The second kappa shape index (κ2) is 4.94. The van der Waals surface area contributed by atoms with Crippen LogP contribution in [0.4, 0.5) is 0 Å². The minimum Gasteiger partial charge on any atom is -0.368 e. The van der Waals surface area contributed by atoms with E-state index in [1.54, 1.807) is 0 Å². The fraction of sp³-hybridized carbons (Fsp3) is 0.923. The van der Waals surface area contributed by atoms with Crippen molar-refractivity contribution in [2.45, 2.75) is 51.1 Å².